The lowest BCUT2D eigenvalue weighted by Crippen LogP contribution is -2.50. The first-order valence-electron chi connectivity index (χ1n) is 10.9. The van der Waals surface area contributed by atoms with Crippen LogP contribution in [0, 0.1) is 0 Å². The van der Waals surface area contributed by atoms with E-state index in [1.54, 1.807) is 12.1 Å². The molecule has 0 aliphatic carbocycles. The van der Waals surface area contributed by atoms with Gasteiger partial charge in [0.05, 0.1) is 17.8 Å². The maximum atomic E-state index is 12.6. The third-order valence-corrected chi connectivity index (χ3v) is 5.84. The fourth-order valence-electron chi connectivity index (χ4n) is 4.11. The highest BCUT2D eigenvalue weighted by Crippen LogP contribution is 2.25. The first kappa shape index (κ1) is 23.0. The summed E-state index contributed by atoms with van der Waals surface area (Å²) in [5.74, 6) is -1.30. The maximum Gasteiger partial charge on any atom is 0.337 e. The smallest absolute Gasteiger partial charge is 0.337 e. The molecule has 2 aliphatic heterocycles. The molecule has 2 N–H and O–H groups in total. The van der Waals surface area contributed by atoms with Crippen LogP contribution >= 0.6 is 0 Å². The van der Waals surface area contributed by atoms with Crippen molar-refractivity contribution in [2.75, 3.05) is 69.7 Å². The number of amides is 2. The molecule has 2 heterocycles. The lowest BCUT2D eigenvalue weighted by Gasteiger charge is -2.36. The number of benzene rings is 1. The van der Waals surface area contributed by atoms with Crippen molar-refractivity contribution in [3.05, 3.63) is 23.8 Å². The summed E-state index contributed by atoms with van der Waals surface area (Å²) in [5, 5.41) is 12.1. The third-order valence-electron chi connectivity index (χ3n) is 5.84. The minimum absolute atomic E-state index is 0.0423. The summed E-state index contributed by atoms with van der Waals surface area (Å²) in [5.41, 5.74) is 1.08. The van der Waals surface area contributed by atoms with E-state index in [1.807, 2.05) is 11.0 Å². The van der Waals surface area contributed by atoms with Crippen molar-refractivity contribution in [1.82, 2.24) is 9.80 Å². The van der Waals surface area contributed by atoms with E-state index < -0.39 is 11.9 Å². The molecule has 2 aliphatic rings. The van der Waals surface area contributed by atoms with E-state index in [2.05, 4.69) is 15.1 Å². The second-order valence-corrected chi connectivity index (χ2v) is 8.07. The van der Waals surface area contributed by atoms with Crippen molar-refractivity contribution in [2.45, 2.75) is 25.7 Å². The van der Waals surface area contributed by atoms with Gasteiger partial charge in [-0.05, 0) is 31.0 Å². The second-order valence-electron chi connectivity index (χ2n) is 8.07. The normalized spacial score (nSPS) is 17.8. The largest absolute Gasteiger partial charge is 0.478 e. The Morgan fingerprint density at radius 1 is 1.00 bits per heavy atom. The van der Waals surface area contributed by atoms with Crippen LogP contribution in [0.5, 0.6) is 0 Å². The molecule has 1 aromatic carbocycles. The second kappa shape index (κ2) is 11.1. The molecule has 0 atom stereocenters. The zero-order chi connectivity index (χ0) is 22.2. The minimum Gasteiger partial charge on any atom is -0.478 e. The summed E-state index contributed by atoms with van der Waals surface area (Å²) in [6.45, 7) is 4.94. The Morgan fingerprint density at radius 3 is 2.29 bits per heavy atom. The van der Waals surface area contributed by atoms with Crippen LogP contribution in [0.3, 0.4) is 0 Å². The maximum absolute atomic E-state index is 12.6. The number of hydrogen-bond acceptors (Lipinski definition) is 6. The molecule has 0 spiro atoms. The molecule has 0 aromatic heterocycles. The van der Waals surface area contributed by atoms with Gasteiger partial charge in [-0.1, -0.05) is 12.8 Å². The van der Waals surface area contributed by atoms with Crippen molar-refractivity contribution < 1.29 is 24.2 Å². The molecule has 2 amide bonds. The highest BCUT2D eigenvalue weighted by molar-refractivity contribution is 6.01. The molecule has 9 heteroatoms. The first-order chi connectivity index (χ1) is 15.0. The molecule has 9 nitrogen and oxygen atoms in total. The Labute approximate surface area is 182 Å². The van der Waals surface area contributed by atoms with Crippen LogP contribution in [0.1, 0.15) is 36.0 Å². The molecule has 0 radical (unpaired) electrons. The number of nitrogens with zero attached hydrogens (tertiary/aromatic N) is 3. The predicted molar refractivity (Wildman–Crippen MR) is 118 cm³/mol. The molecule has 1 aromatic rings. The number of carboxylic acid groups (broad SMARTS) is 1. The van der Waals surface area contributed by atoms with Gasteiger partial charge in [0, 0.05) is 52.1 Å². The van der Waals surface area contributed by atoms with E-state index in [0.717, 1.165) is 44.7 Å². The van der Waals surface area contributed by atoms with Crippen LogP contribution in [0.2, 0.25) is 0 Å². The van der Waals surface area contributed by atoms with E-state index in [-0.39, 0.29) is 23.8 Å². The van der Waals surface area contributed by atoms with Crippen LogP contribution in [-0.2, 0) is 14.3 Å². The van der Waals surface area contributed by atoms with Gasteiger partial charge in [0.25, 0.3) is 0 Å². The monoisotopic (exact) mass is 432 g/mol. The van der Waals surface area contributed by atoms with Gasteiger partial charge in [0.2, 0.25) is 11.8 Å². The Morgan fingerprint density at radius 2 is 1.68 bits per heavy atom. The number of nitrogens with one attached hydrogen (secondary N) is 1. The average Bonchev–Trinajstić information content (AvgIpc) is 3.04. The van der Waals surface area contributed by atoms with E-state index in [1.165, 1.54) is 20.0 Å². The number of carboxylic acids is 1. The Balaban J connectivity index is 1.57. The van der Waals surface area contributed by atoms with Crippen molar-refractivity contribution in [2.24, 2.45) is 0 Å². The summed E-state index contributed by atoms with van der Waals surface area (Å²) >= 11 is 0. The van der Waals surface area contributed by atoms with Gasteiger partial charge in [-0.25, -0.2) is 4.79 Å². The number of hydrogen-bond donors (Lipinski definition) is 2. The van der Waals surface area contributed by atoms with Crippen LogP contribution in [0.15, 0.2) is 18.2 Å². The third kappa shape index (κ3) is 6.41. The fourth-order valence-corrected chi connectivity index (χ4v) is 4.11. The number of rotatable bonds is 7. The highest BCUT2D eigenvalue weighted by atomic mass is 16.5. The summed E-state index contributed by atoms with van der Waals surface area (Å²) in [7, 11) is 1.40. The molecule has 0 bridgehead atoms. The van der Waals surface area contributed by atoms with Crippen molar-refractivity contribution in [3.8, 4) is 0 Å². The van der Waals surface area contributed by atoms with Crippen molar-refractivity contribution >= 4 is 29.2 Å². The Bertz CT molecular complexity index is 784. The standard InChI is InChI=1S/C22H32N4O5/c1-31-16-20(27)23-19-7-6-17(14-18(19)22(29)30)25-12-10-24(11-13-25)15-21(28)26-8-4-2-3-5-9-26/h6-7,14H,2-5,8-13,15-16H2,1H3,(H,23,27)(H,29,30). The van der Waals surface area contributed by atoms with Crippen LogP contribution in [0.25, 0.3) is 0 Å². The molecule has 3 rings (SSSR count). The summed E-state index contributed by atoms with van der Waals surface area (Å²) in [6, 6.07) is 5.01. The zero-order valence-electron chi connectivity index (χ0n) is 18.1. The Kier molecular flexibility index (Phi) is 8.25. The lowest BCUT2D eigenvalue weighted by molar-refractivity contribution is -0.132. The van der Waals surface area contributed by atoms with E-state index in [4.69, 9.17) is 4.74 Å². The topological polar surface area (TPSA) is 102 Å². The van der Waals surface area contributed by atoms with Gasteiger partial charge in [0.1, 0.15) is 6.61 Å². The van der Waals surface area contributed by atoms with E-state index in [9.17, 15) is 19.5 Å². The number of ether oxygens (including phenoxy) is 1. The van der Waals surface area contributed by atoms with Crippen LogP contribution < -0.4 is 10.2 Å². The van der Waals surface area contributed by atoms with Gasteiger partial charge in [-0.3, -0.25) is 14.5 Å². The minimum atomic E-state index is -1.10. The fraction of sp³-hybridized carbons (Fsp3) is 0.591. The lowest BCUT2D eigenvalue weighted by atomic mass is 10.1. The van der Waals surface area contributed by atoms with Crippen LogP contribution in [-0.4, -0.2) is 92.2 Å². The molecule has 170 valence electrons. The Hall–Kier alpha value is -2.65. The van der Waals surface area contributed by atoms with Crippen molar-refractivity contribution in [1.29, 1.82) is 0 Å². The number of methoxy groups -OCH3 is 1. The zero-order valence-corrected chi connectivity index (χ0v) is 18.1. The van der Waals surface area contributed by atoms with Gasteiger partial charge in [-0.15, -0.1) is 0 Å². The first-order valence-corrected chi connectivity index (χ1v) is 10.9. The SMILES string of the molecule is COCC(=O)Nc1ccc(N2CCN(CC(=O)N3CCCCCC3)CC2)cc1C(=O)O. The number of carbonyl (C=O) groups is 3. The number of piperazine rings is 1. The number of likely N-dealkylation sites (tertiary alicyclic amines) is 1. The quantitative estimate of drug-likeness (QED) is 0.673. The molecule has 2 saturated heterocycles. The van der Waals surface area contributed by atoms with Gasteiger partial charge in [-0.2, -0.15) is 0 Å². The molecular formula is C22H32N4O5. The molecule has 0 unspecified atom stereocenters. The van der Waals surface area contributed by atoms with Gasteiger partial charge in [0.15, 0.2) is 0 Å². The number of anilines is 2. The summed E-state index contributed by atoms with van der Waals surface area (Å²) < 4.78 is 4.78. The van der Waals surface area contributed by atoms with E-state index in [0.29, 0.717) is 19.6 Å². The summed E-state index contributed by atoms with van der Waals surface area (Å²) in [6.07, 6.45) is 4.59. The molecule has 31 heavy (non-hydrogen) atoms. The van der Waals surface area contributed by atoms with Crippen LogP contribution in [0.4, 0.5) is 11.4 Å². The van der Waals surface area contributed by atoms with E-state index >= 15 is 0 Å². The highest BCUT2D eigenvalue weighted by Gasteiger charge is 2.23. The average molecular weight is 433 g/mol. The molecular weight excluding hydrogens is 400 g/mol. The predicted octanol–water partition coefficient (Wildman–Crippen LogP) is 1.49. The molecule has 0 saturated carbocycles. The van der Waals surface area contributed by atoms with Gasteiger partial charge < -0.3 is 25.0 Å². The van der Waals surface area contributed by atoms with Gasteiger partial charge >= 0.3 is 5.97 Å². The number of aromatic carboxylic acids is 1. The van der Waals surface area contributed by atoms with Crippen molar-refractivity contribution in [3.63, 3.8) is 0 Å². The number of carbonyl (C=O) groups excluding carboxylic acids is 2. The summed E-state index contributed by atoms with van der Waals surface area (Å²) in [4.78, 5) is 42.3. The molecule has 2 fully saturated rings.